The second-order valence-corrected chi connectivity index (χ2v) is 5.79. The zero-order valence-corrected chi connectivity index (χ0v) is 12.8. The molecule has 3 aromatic rings. The lowest BCUT2D eigenvalue weighted by Crippen LogP contribution is -2.00. The topological polar surface area (TPSA) is 56.7 Å². The van der Waals surface area contributed by atoms with Crippen molar-refractivity contribution in [3.05, 3.63) is 59.2 Å². The van der Waals surface area contributed by atoms with E-state index < -0.39 is 0 Å². The smallest absolute Gasteiger partial charge is 0.191 e. The van der Waals surface area contributed by atoms with E-state index in [1.54, 1.807) is 11.8 Å². The van der Waals surface area contributed by atoms with Crippen LogP contribution in [0.25, 0.3) is 0 Å². The highest BCUT2D eigenvalue weighted by Crippen LogP contribution is 2.22. The van der Waals surface area contributed by atoms with Gasteiger partial charge in [0.05, 0.1) is 11.4 Å². The van der Waals surface area contributed by atoms with E-state index in [-0.39, 0.29) is 0 Å². The van der Waals surface area contributed by atoms with Gasteiger partial charge < -0.3 is 9.09 Å². The van der Waals surface area contributed by atoms with Gasteiger partial charge in [-0.05, 0) is 12.5 Å². The number of benzene rings is 1. The van der Waals surface area contributed by atoms with Crippen molar-refractivity contribution < 1.29 is 4.52 Å². The van der Waals surface area contributed by atoms with Crippen molar-refractivity contribution in [1.29, 1.82) is 0 Å². The normalized spacial score (nSPS) is 11.0. The van der Waals surface area contributed by atoms with Crippen LogP contribution in [0.15, 0.2) is 46.1 Å². The number of hydrogen-bond donors (Lipinski definition) is 0. The molecule has 0 aliphatic heterocycles. The van der Waals surface area contributed by atoms with E-state index >= 15 is 0 Å². The Bertz CT molecular complexity index is 720. The molecule has 2 heterocycles. The van der Waals surface area contributed by atoms with E-state index in [1.165, 1.54) is 5.56 Å². The summed E-state index contributed by atoms with van der Waals surface area (Å²) >= 11 is 1.60. The first-order chi connectivity index (χ1) is 10.2. The number of rotatable bonds is 5. The summed E-state index contributed by atoms with van der Waals surface area (Å²) in [6.45, 7) is 1.91. The zero-order valence-electron chi connectivity index (χ0n) is 12.0. The van der Waals surface area contributed by atoms with E-state index in [9.17, 15) is 0 Å². The van der Waals surface area contributed by atoms with Crippen molar-refractivity contribution in [1.82, 2.24) is 19.9 Å². The summed E-state index contributed by atoms with van der Waals surface area (Å²) in [5.74, 6) is 2.51. The molecule has 0 atom stereocenters. The van der Waals surface area contributed by atoms with Crippen LogP contribution >= 0.6 is 11.8 Å². The molecule has 0 unspecified atom stereocenters. The fraction of sp³-hybridized carbons (Fsp3) is 0.267. The van der Waals surface area contributed by atoms with E-state index in [0.717, 1.165) is 28.9 Å². The average Bonchev–Trinajstić information content (AvgIpc) is 3.06. The molecular formula is C15H16N4OS. The second-order valence-electron chi connectivity index (χ2n) is 4.84. The highest BCUT2D eigenvalue weighted by atomic mass is 32.2. The molecule has 0 saturated carbocycles. The van der Waals surface area contributed by atoms with Crippen molar-refractivity contribution >= 4 is 11.8 Å². The van der Waals surface area contributed by atoms with Gasteiger partial charge in [-0.3, -0.25) is 0 Å². The van der Waals surface area contributed by atoms with E-state index in [2.05, 4.69) is 27.5 Å². The van der Waals surface area contributed by atoms with Gasteiger partial charge >= 0.3 is 0 Å². The molecule has 0 N–H and O–H groups in total. The molecule has 0 fully saturated rings. The number of hydrogen-bond acceptors (Lipinski definition) is 5. The van der Waals surface area contributed by atoms with Gasteiger partial charge in [0.2, 0.25) is 0 Å². The first-order valence-corrected chi connectivity index (χ1v) is 7.68. The second kappa shape index (κ2) is 6.13. The Labute approximate surface area is 127 Å². The van der Waals surface area contributed by atoms with Gasteiger partial charge in [0.25, 0.3) is 0 Å². The van der Waals surface area contributed by atoms with E-state index in [1.807, 2.05) is 42.8 Å². The monoisotopic (exact) mass is 300 g/mol. The molecule has 2 aromatic heterocycles. The molecule has 0 aliphatic rings. The first kappa shape index (κ1) is 13.9. The quantitative estimate of drug-likeness (QED) is 0.678. The summed E-state index contributed by atoms with van der Waals surface area (Å²) in [5, 5.41) is 13.3. The van der Waals surface area contributed by atoms with Crippen LogP contribution in [0.3, 0.4) is 0 Å². The number of thioether (sulfide) groups is 1. The van der Waals surface area contributed by atoms with Gasteiger partial charge in [0.1, 0.15) is 11.6 Å². The molecule has 0 aliphatic carbocycles. The lowest BCUT2D eigenvalue weighted by Gasteiger charge is -2.03. The fourth-order valence-electron chi connectivity index (χ4n) is 2.02. The van der Waals surface area contributed by atoms with Crippen LogP contribution in [-0.4, -0.2) is 19.9 Å². The molecule has 3 rings (SSSR count). The molecule has 5 nitrogen and oxygen atoms in total. The van der Waals surface area contributed by atoms with Gasteiger partial charge in [0.15, 0.2) is 5.16 Å². The van der Waals surface area contributed by atoms with Crippen LogP contribution in [-0.2, 0) is 19.2 Å². The molecule has 0 bridgehead atoms. The maximum absolute atomic E-state index is 5.20. The van der Waals surface area contributed by atoms with Gasteiger partial charge in [0, 0.05) is 19.5 Å². The van der Waals surface area contributed by atoms with Gasteiger partial charge in [-0.1, -0.05) is 47.3 Å². The predicted molar refractivity (Wildman–Crippen MR) is 81.1 cm³/mol. The zero-order chi connectivity index (χ0) is 14.7. The minimum absolute atomic E-state index is 0.706. The van der Waals surface area contributed by atoms with E-state index in [0.29, 0.717) is 5.75 Å². The number of aryl methyl sites for hydroxylation is 1. The van der Waals surface area contributed by atoms with Crippen LogP contribution in [0, 0.1) is 6.92 Å². The number of aromatic nitrogens is 4. The lowest BCUT2D eigenvalue weighted by molar-refractivity contribution is 0.391. The molecule has 0 radical (unpaired) electrons. The summed E-state index contributed by atoms with van der Waals surface area (Å²) in [4.78, 5) is 0. The third kappa shape index (κ3) is 3.33. The summed E-state index contributed by atoms with van der Waals surface area (Å²) in [6.07, 6.45) is 0.784. The Hall–Kier alpha value is -2.08. The van der Waals surface area contributed by atoms with E-state index in [4.69, 9.17) is 4.52 Å². The number of nitrogens with zero attached hydrogens (tertiary/aromatic N) is 4. The lowest BCUT2D eigenvalue weighted by atomic mass is 10.1. The van der Waals surface area contributed by atoms with Crippen molar-refractivity contribution in [3.63, 3.8) is 0 Å². The summed E-state index contributed by atoms with van der Waals surface area (Å²) in [6, 6.07) is 12.2. The molecule has 0 saturated heterocycles. The van der Waals surface area contributed by atoms with Crippen LogP contribution < -0.4 is 0 Å². The van der Waals surface area contributed by atoms with Crippen LogP contribution in [0.1, 0.15) is 22.8 Å². The standard InChI is InChI=1S/C15H16N4OS/c1-11-8-13(20-18-11)10-21-15-17-16-14(19(15)2)9-12-6-4-3-5-7-12/h3-8H,9-10H2,1-2H3. The first-order valence-electron chi connectivity index (χ1n) is 6.69. The average molecular weight is 300 g/mol. The highest BCUT2D eigenvalue weighted by Gasteiger charge is 2.11. The molecule has 108 valence electrons. The summed E-state index contributed by atoms with van der Waals surface area (Å²) < 4.78 is 7.23. The Kier molecular flexibility index (Phi) is 4.06. The minimum atomic E-state index is 0.706. The summed E-state index contributed by atoms with van der Waals surface area (Å²) in [7, 11) is 1.99. The Balaban J connectivity index is 1.67. The molecule has 6 heteroatoms. The largest absolute Gasteiger partial charge is 0.360 e. The highest BCUT2D eigenvalue weighted by molar-refractivity contribution is 7.98. The fourth-order valence-corrected chi connectivity index (χ4v) is 2.83. The Morgan fingerprint density at radius 3 is 2.71 bits per heavy atom. The predicted octanol–water partition coefficient (Wildman–Crippen LogP) is 2.99. The van der Waals surface area contributed by atoms with Crippen molar-refractivity contribution in [2.24, 2.45) is 7.05 Å². The van der Waals surface area contributed by atoms with Gasteiger partial charge in [-0.15, -0.1) is 10.2 Å². The Morgan fingerprint density at radius 1 is 1.19 bits per heavy atom. The SMILES string of the molecule is Cc1cc(CSc2nnc(Cc3ccccc3)n2C)on1. The molecule has 1 aromatic carbocycles. The molecule has 0 amide bonds. The van der Waals surface area contributed by atoms with Crippen molar-refractivity contribution in [2.75, 3.05) is 0 Å². The third-order valence-corrected chi connectivity index (χ3v) is 4.19. The maximum Gasteiger partial charge on any atom is 0.191 e. The third-order valence-electron chi connectivity index (χ3n) is 3.15. The van der Waals surface area contributed by atoms with Crippen LogP contribution in [0.4, 0.5) is 0 Å². The maximum atomic E-state index is 5.20. The van der Waals surface area contributed by atoms with Crippen molar-refractivity contribution in [2.45, 2.75) is 24.3 Å². The Morgan fingerprint density at radius 2 is 2.00 bits per heavy atom. The molecule has 0 spiro atoms. The van der Waals surface area contributed by atoms with Crippen LogP contribution in [0.5, 0.6) is 0 Å². The minimum Gasteiger partial charge on any atom is -0.360 e. The van der Waals surface area contributed by atoms with Crippen LogP contribution in [0.2, 0.25) is 0 Å². The molecular weight excluding hydrogens is 284 g/mol. The summed E-state index contributed by atoms with van der Waals surface area (Å²) in [5.41, 5.74) is 2.13. The van der Waals surface area contributed by atoms with Gasteiger partial charge in [-0.2, -0.15) is 0 Å². The van der Waals surface area contributed by atoms with Crippen molar-refractivity contribution in [3.8, 4) is 0 Å². The molecule has 21 heavy (non-hydrogen) atoms. The van der Waals surface area contributed by atoms with Gasteiger partial charge in [-0.25, -0.2) is 0 Å².